The number of hydrogen-bond donors (Lipinski definition) is 0. The second kappa shape index (κ2) is 9.75. The summed E-state index contributed by atoms with van der Waals surface area (Å²) in [7, 11) is 1.76. The number of allylic oxidation sites excluding steroid dienone is 3. The number of rotatable bonds is 7. The summed E-state index contributed by atoms with van der Waals surface area (Å²) in [5, 5.41) is 0. The summed E-state index contributed by atoms with van der Waals surface area (Å²) in [5.74, 6) is 0. The van der Waals surface area contributed by atoms with E-state index in [1.165, 1.54) is 11.1 Å². The number of carbonyl (C=O) groups is 1. The summed E-state index contributed by atoms with van der Waals surface area (Å²) < 4.78 is 5.15. The molecule has 0 aromatic rings. The molecule has 0 radical (unpaired) electrons. The Labute approximate surface area is 112 Å². The molecule has 0 aliphatic rings. The maximum atomic E-state index is 11.5. The third-order valence-corrected chi connectivity index (χ3v) is 2.60. The first kappa shape index (κ1) is 16.8. The van der Waals surface area contributed by atoms with Gasteiger partial charge in [0, 0.05) is 13.6 Å². The van der Waals surface area contributed by atoms with Crippen LogP contribution in [-0.2, 0) is 4.74 Å². The highest BCUT2D eigenvalue weighted by Gasteiger charge is 2.06. The van der Waals surface area contributed by atoms with Crippen LogP contribution < -0.4 is 0 Å². The van der Waals surface area contributed by atoms with E-state index in [1.807, 2.05) is 13.0 Å². The Hall–Kier alpha value is -1.25. The van der Waals surface area contributed by atoms with E-state index in [2.05, 4.69) is 26.8 Å². The first-order valence-electron chi connectivity index (χ1n) is 6.64. The molecular formula is C15H27NO2. The molecule has 0 aromatic carbocycles. The van der Waals surface area contributed by atoms with Gasteiger partial charge >= 0.3 is 6.09 Å². The smallest absolute Gasteiger partial charge is 0.409 e. The zero-order chi connectivity index (χ0) is 14.0. The SMILES string of the molecule is CCCN(C)C(=O)OC/C=C(\C)CCC=C(C)C. The highest BCUT2D eigenvalue weighted by molar-refractivity contribution is 5.67. The van der Waals surface area contributed by atoms with Crippen molar-refractivity contribution in [2.45, 2.75) is 47.0 Å². The summed E-state index contributed by atoms with van der Waals surface area (Å²) >= 11 is 0. The van der Waals surface area contributed by atoms with Gasteiger partial charge in [0.05, 0.1) is 0 Å². The maximum Gasteiger partial charge on any atom is 0.409 e. The van der Waals surface area contributed by atoms with Gasteiger partial charge in [-0.1, -0.05) is 24.1 Å². The summed E-state index contributed by atoms with van der Waals surface area (Å²) in [6.45, 7) is 9.42. The van der Waals surface area contributed by atoms with Crippen molar-refractivity contribution in [3.8, 4) is 0 Å². The fraction of sp³-hybridized carbons (Fsp3) is 0.667. The van der Waals surface area contributed by atoms with Gasteiger partial charge in [-0.2, -0.15) is 0 Å². The van der Waals surface area contributed by atoms with Gasteiger partial charge in [-0.3, -0.25) is 0 Å². The van der Waals surface area contributed by atoms with Crippen molar-refractivity contribution in [3.05, 3.63) is 23.3 Å². The van der Waals surface area contributed by atoms with Crippen LogP contribution in [0.4, 0.5) is 4.79 Å². The molecule has 0 aliphatic carbocycles. The Bertz CT molecular complexity index is 302. The predicted octanol–water partition coefficient (Wildman–Crippen LogP) is 4.16. The lowest BCUT2D eigenvalue weighted by atomic mass is 10.1. The van der Waals surface area contributed by atoms with Gasteiger partial charge in [0.1, 0.15) is 6.61 Å². The molecule has 3 nitrogen and oxygen atoms in total. The summed E-state index contributed by atoms with van der Waals surface area (Å²) in [4.78, 5) is 13.1. The molecule has 0 atom stereocenters. The molecule has 0 spiro atoms. The summed E-state index contributed by atoms with van der Waals surface area (Å²) in [6.07, 6.45) is 6.98. The molecule has 0 bridgehead atoms. The number of hydrogen-bond acceptors (Lipinski definition) is 2. The van der Waals surface area contributed by atoms with Crippen molar-refractivity contribution < 1.29 is 9.53 Å². The summed E-state index contributed by atoms with van der Waals surface area (Å²) in [5.41, 5.74) is 2.61. The Morgan fingerprint density at radius 2 is 1.89 bits per heavy atom. The van der Waals surface area contributed by atoms with Gasteiger partial charge in [-0.05, 0) is 46.1 Å². The van der Waals surface area contributed by atoms with Gasteiger partial charge in [0.2, 0.25) is 0 Å². The Kier molecular flexibility index (Phi) is 9.07. The van der Waals surface area contributed by atoms with Gasteiger partial charge in [0.15, 0.2) is 0 Å². The molecule has 1 amide bonds. The zero-order valence-electron chi connectivity index (χ0n) is 12.5. The van der Waals surface area contributed by atoms with Gasteiger partial charge in [-0.15, -0.1) is 0 Å². The molecule has 0 aliphatic heterocycles. The standard InChI is InChI=1S/C15H27NO2/c1-6-11-16(5)15(17)18-12-10-14(4)9-7-8-13(2)3/h8,10H,6-7,9,11-12H2,1-5H3/b14-10+. The third kappa shape index (κ3) is 8.85. The van der Waals surface area contributed by atoms with Crippen molar-refractivity contribution in [2.75, 3.05) is 20.2 Å². The van der Waals surface area contributed by atoms with Gasteiger partial charge in [0.25, 0.3) is 0 Å². The van der Waals surface area contributed by atoms with Crippen molar-refractivity contribution in [2.24, 2.45) is 0 Å². The molecule has 0 N–H and O–H groups in total. The van der Waals surface area contributed by atoms with E-state index in [1.54, 1.807) is 11.9 Å². The number of nitrogens with zero attached hydrogens (tertiary/aromatic N) is 1. The van der Waals surface area contributed by atoms with E-state index in [0.717, 1.165) is 25.8 Å². The zero-order valence-corrected chi connectivity index (χ0v) is 12.5. The molecule has 0 rings (SSSR count). The van der Waals surface area contributed by atoms with Crippen LogP contribution >= 0.6 is 0 Å². The van der Waals surface area contributed by atoms with Crippen molar-refractivity contribution in [1.29, 1.82) is 0 Å². The molecule has 0 saturated carbocycles. The Morgan fingerprint density at radius 3 is 2.44 bits per heavy atom. The third-order valence-electron chi connectivity index (χ3n) is 2.60. The Balaban J connectivity index is 3.86. The van der Waals surface area contributed by atoms with Crippen molar-refractivity contribution in [1.82, 2.24) is 4.90 Å². The Morgan fingerprint density at radius 1 is 1.22 bits per heavy atom. The van der Waals surface area contributed by atoms with Crippen LogP contribution in [0.1, 0.15) is 47.0 Å². The van der Waals surface area contributed by atoms with E-state index in [9.17, 15) is 4.79 Å². The topological polar surface area (TPSA) is 29.5 Å². The quantitative estimate of drug-likeness (QED) is 0.638. The minimum Gasteiger partial charge on any atom is -0.445 e. The average molecular weight is 253 g/mol. The lowest BCUT2D eigenvalue weighted by Gasteiger charge is -2.15. The molecule has 0 fully saturated rings. The molecule has 18 heavy (non-hydrogen) atoms. The van der Waals surface area contributed by atoms with Crippen LogP contribution in [-0.4, -0.2) is 31.2 Å². The van der Waals surface area contributed by atoms with Crippen molar-refractivity contribution in [3.63, 3.8) is 0 Å². The maximum absolute atomic E-state index is 11.5. The first-order valence-corrected chi connectivity index (χ1v) is 6.64. The number of carbonyl (C=O) groups excluding carboxylic acids is 1. The average Bonchev–Trinajstić information content (AvgIpc) is 2.28. The molecule has 0 aromatic heterocycles. The van der Waals surface area contributed by atoms with Crippen LogP contribution in [0.25, 0.3) is 0 Å². The van der Waals surface area contributed by atoms with Gasteiger partial charge < -0.3 is 9.64 Å². The fourth-order valence-electron chi connectivity index (χ4n) is 1.48. The highest BCUT2D eigenvalue weighted by atomic mass is 16.6. The number of ether oxygens (including phenoxy) is 1. The van der Waals surface area contributed by atoms with E-state index in [0.29, 0.717) is 6.61 Å². The van der Waals surface area contributed by atoms with Gasteiger partial charge in [-0.25, -0.2) is 4.79 Å². The number of amides is 1. The monoisotopic (exact) mass is 253 g/mol. The summed E-state index contributed by atoms with van der Waals surface area (Å²) in [6, 6.07) is 0. The lowest BCUT2D eigenvalue weighted by Crippen LogP contribution is -2.28. The van der Waals surface area contributed by atoms with Crippen LogP contribution in [0.15, 0.2) is 23.3 Å². The second-order valence-electron chi connectivity index (χ2n) is 4.87. The predicted molar refractivity (Wildman–Crippen MR) is 76.7 cm³/mol. The highest BCUT2D eigenvalue weighted by Crippen LogP contribution is 2.06. The normalized spacial score (nSPS) is 11.1. The van der Waals surface area contributed by atoms with Crippen LogP contribution in [0.2, 0.25) is 0 Å². The van der Waals surface area contributed by atoms with E-state index >= 15 is 0 Å². The largest absolute Gasteiger partial charge is 0.445 e. The second-order valence-corrected chi connectivity index (χ2v) is 4.87. The minimum absolute atomic E-state index is 0.245. The molecule has 104 valence electrons. The van der Waals surface area contributed by atoms with Crippen LogP contribution in [0.3, 0.4) is 0 Å². The molecule has 3 heteroatoms. The van der Waals surface area contributed by atoms with Crippen molar-refractivity contribution >= 4 is 6.09 Å². The van der Waals surface area contributed by atoms with E-state index in [4.69, 9.17) is 4.74 Å². The van der Waals surface area contributed by atoms with Crippen LogP contribution in [0, 0.1) is 0 Å². The molecule has 0 unspecified atom stereocenters. The fourth-order valence-corrected chi connectivity index (χ4v) is 1.48. The minimum atomic E-state index is -0.245. The van der Waals surface area contributed by atoms with Crippen LogP contribution in [0.5, 0.6) is 0 Å². The molecular weight excluding hydrogens is 226 g/mol. The first-order chi connectivity index (χ1) is 8.47. The lowest BCUT2D eigenvalue weighted by molar-refractivity contribution is 0.121. The molecule has 0 heterocycles. The van der Waals surface area contributed by atoms with E-state index in [-0.39, 0.29) is 6.09 Å². The molecule has 0 saturated heterocycles. The van der Waals surface area contributed by atoms with E-state index < -0.39 is 0 Å².